The zero-order valence-corrected chi connectivity index (χ0v) is 10.4. The molecule has 0 aromatic heterocycles. The summed E-state index contributed by atoms with van der Waals surface area (Å²) in [6, 6.07) is 6.85. The van der Waals surface area contributed by atoms with Crippen molar-refractivity contribution in [3.63, 3.8) is 0 Å². The van der Waals surface area contributed by atoms with Crippen LogP contribution in [0.1, 0.15) is 16.8 Å². The third kappa shape index (κ3) is 3.23. The molecule has 0 aliphatic carbocycles. The van der Waals surface area contributed by atoms with E-state index >= 15 is 0 Å². The molecule has 0 radical (unpaired) electrons. The minimum absolute atomic E-state index is 0.103. The van der Waals surface area contributed by atoms with Crippen molar-refractivity contribution in [2.45, 2.75) is 12.5 Å². The number of nitrogen functional groups attached to an aromatic ring is 1. The first-order chi connectivity index (χ1) is 9.08. The van der Waals surface area contributed by atoms with Gasteiger partial charge in [-0.15, -0.1) is 0 Å². The Morgan fingerprint density at radius 2 is 2.16 bits per heavy atom. The van der Waals surface area contributed by atoms with E-state index in [-0.39, 0.29) is 18.9 Å². The molecule has 6 heteroatoms. The van der Waals surface area contributed by atoms with Gasteiger partial charge in [-0.25, -0.2) is 0 Å². The van der Waals surface area contributed by atoms with Gasteiger partial charge in [-0.1, -0.05) is 12.1 Å². The van der Waals surface area contributed by atoms with E-state index in [1.54, 1.807) is 29.2 Å². The molecule has 1 saturated heterocycles. The number of carbonyl (C=O) groups excluding carboxylic acids is 1. The van der Waals surface area contributed by atoms with Gasteiger partial charge >= 0.3 is 5.97 Å². The first-order valence-corrected chi connectivity index (χ1v) is 6.05. The average molecular weight is 264 g/mol. The molecule has 102 valence electrons. The lowest BCUT2D eigenvalue weighted by Crippen LogP contribution is -2.46. The van der Waals surface area contributed by atoms with Gasteiger partial charge < -0.3 is 20.5 Å². The Morgan fingerprint density at radius 1 is 1.42 bits per heavy atom. The number of benzene rings is 1. The molecule has 1 aromatic rings. The van der Waals surface area contributed by atoms with Crippen molar-refractivity contribution < 1.29 is 19.4 Å². The molecule has 1 fully saturated rings. The van der Waals surface area contributed by atoms with Gasteiger partial charge in [0.1, 0.15) is 0 Å². The van der Waals surface area contributed by atoms with E-state index in [0.29, 0.717) is 24.4 Å². The summed E-state index contributed by atoms with van der Waals surface area (Å²) in [4.78, 5) is 24.5. The lowest BCUT2D eigenvalue weighted by atomic mass is 10.1. The van der Waals surface area contributed by atoms with Gasteiger partial charge in [0.15, 0.2) is 0 Å². The summed E-state index contributed by atoms with van der Waals surface area (Å²) in [6.45, 7) is 1.07. The first-order valence-electron chi connectivity index (χ1n) is 6.05. The van der Waals surface area contributed by atoms with Gasteiger partial charge in [0.2, 0.25) is 0 Å². The first kappa shape index (κ1) is 13.4. The van der Waals surface area contributed by atoms with Gasteiger partial charge in [0.05, 0.1) is 24.7 Å². The monoisotopic (exact) mass is 264 g/mol. The Morgan fingerprint density at radius 3 is 2.84 bits per heavy atom. The quantitative estimate of drug-likeness (QED) is 0.779. The second-order valence-electron chi connectivity index (χ2n) is 4.43. The molecule has 1 aliphatic rings. The number of anilines is 1. The zero-order valence-electron chi connectivity index (χ0n) is 10.4. The summed E-state index contributed by atoms with van der Waals surface area (Å²) in [5, 5.41) is 8.75. The average Bonchev–Trinajstić information content (AvgIpc) is 2.38. The normalized spacial score (nSPS) is 19.2. The third-order valence-electron chi connectivity index (χ3n) is 3.02. The fraction of sp³-hybridized carbons (Fsp3) is 0.385. The number of rotatable bonds is 3. The molecule has 2 rings (SSSR count). The van der Waals surface area contributed by atoms with Crippen LogP contribution in [0.5, 0.6) is 0 Å². The predicted molar refractivity (Wildman–Crippen MR) is 68.8 cm³/mol. The molecular weight excluding hydrogens is 248 g/mol. The van der Waals surface area contributed by atoms with E-state index in [0.717, 1.165) is 0 Å². The van der Waals surface area contributed by atoms with E-state index < -0.39 is 12.1 Å². The standard InChI is InChI=1S/C13H16N2O4/c14-11-4-2-1-3-10(11)13(18)15-5-6-19-9(8-15)7-12(16)17/h1-4,9H,5-8,14H2,(H,16,17). The topological polar surface area (TPSA) is 92.9 Å². The molecule has 0 spiro atoms. The number of aliphatic carboxylic acids is 1. The number of nitrogens with two attached hydrogens (primary N) is 1. The molecular formula is C13H16N2O4. The maximum Gasteiger partial charge on any atom is 0.306 e. The maximum atomic E-state index is 12.3. The van der Waals surface area contributed by atoms with Crippen LogP contribution < -0.4 is 5.73 Å². The third-order valence-corrected chi connectivity index (χ3v) is 3.02. The highest BCUT2D eigenvalue weighted by atomic mass is 16.5. The SMILES string of the molecule is Nc1ccccc1C(=O)N1CCOC(CC(=O)O)C1. The van der Waals surface area contributed by atoms with Crippen LogP contribution in [0, 0.1) is 0 Å². The molecule has 1 aliphatic heterocycles. The Balaban J connectivity index is 2.07. The van der Waals surface area contributed by atoms with Crippen LogP contribution in [0.15, 0.2) is 24.3 Å². The molecule has 19 heavy (non-hydrogen) atoms. The Hall–Kier alpha value is -2.08. The fourth-order valence-corrected chi connectivity index (χ4v) is 2.08. The van der Waals surface area contributed by atoms with E-state index in [4.69, 9.17) is 15.6 Å². The number of carbonyl (C=O) groups is 2. The molecule has 1 heterocycles. The lowest BCUT2D eigenvalue weighted by molar-refractivity contribution is -0.141. The Labute approximate surface area is 110 Å². The molecule has 6 nitrogen and oxygen atoms in total. The van der Waals surface area contributed by atoms with Gasteiger partial charge in [0.25, 0.3) is 5.91 Å². The van der Waals surface area contributed by atoms with Crippen molar-refractivity contribution in [2.24, 2.45) is 0 Å². The highest BCUT2D eigenvalue weighted by molar-refractivity contribution is 5.99. The van der Waals surface area contributed by atoms with Crippen LogP contribution in [0.2, 0.25) is 0 Å². The Kier molecular flexibility index (Phi) is 4.01. The van der Waals surface area contributed by atoms with Crippen LogP contribution in [-0.4, -0.2) is 47.7 Å². The number of hydrogen-bond acceptors (Lipinski definition) is 4. The number of hydrogen-bond donors (Lipinski definition) is 2. The van der Waals surface area contributed by atoms with Crippen molar-refractivity contribution in [3.05, 3.63) is 29.8 Å². The van der Waals surface area contributed by atoms with Crippen LogP contribution in [-0.2, 0) is 9.53 Å². The Bertz CT molecular complexity index is 489. The summed E-state index contributed by atoms with van der Waals surface area (Å²) in [5.74, 6) is -1.12. The van der Waals surface area contributed by atoms with Crippen molar-refractivity contribution >= 4 is 17.6 Å². The van der Waals surface area contributed by atoms with Gasteiger partial charge in [-0.05, 0) is 12.1 Å². The van der Waals surface area contributed by atoms with Crippen LogP contribution in [0.25, 0.3) is 0 Å². The van der Waals surface area contributed by atoms with Crippen LogP contribution in [0.4, 0.5) is 5.69 Å². The van der Waals surface area contributed by atoms with E-state index in [1.807, 2.05) is 0 Å². The smallest absolute Gasteiger partial charge is 0.306 e. The number of ether oxygens (including phenoxy) is 1. The van der Waals surface area contributed by atoms with E-state index in [9.17, 15) is 9.59 Å². The molecule has 0 saturated carbocycles. The summed E-state index contributed by atoms with van der Waals surface area (Å²) >= 11 is 0. The van der Waals surface area contributed by atoms with Crippen LogP contribution >= 0.6 is 0 Å². The summed E-state index contributed by atoms with van der Waals surface area (Å²) in [6.07, 6.45) is -0.561. The summed E-state index contributed by atoms with van der Waals surface area (Å²) in [7, 11) is 0. The lowest BCUT2D eigenvalue weighted by Gasteiger charge is -2.32. The number of carboxylic acids is 1. The van der Waals surface area contributed by atoms with Crippen molar-refractivity contribution in [2.75, 3.05) is 25.4 Å². The number of amides is 1. The minimum atomic E-state index is -0.932. The van der Waals surface area contributed by atoms with Gasteiger partial charge in [0, 0.05) is 18.8 Å². The number of nitrogens with zero attached hydrogens (tertiary/aromatic N) is 1. The molecule has 1 aromatic carbocycles. The van der Waals surface area contributed by atoms with Crippen molar-refractivity contribution in [3.8, 4) is 0 Å². The van der Waals surface area contributed by atoms with Gasteiger partial charge in [-0.3, -0.25) is 9.59 Å². The highest BCUT2D eigenvalue weighted by Gasteiger charge is 2.27. The van der Waals surface area contributed by atoms with Crippen LogP contribution in [0.3, 0.4) is 0 Å². The second-order valence-corrected chi connectivity index (χ2v) is 4.43. The zero-order chi connectivity index (χ0) is 13.8. The molecule has 3 N–H and O–H groups in total. The van der Waals surface area contributed by atoms with Gasteiger partial charge in [-0.2, -0.15) is 0 Å². The number of morpholine rings is 1. The van der Waals surface area contributed by atoms with Crippen molar-refractivity contribution in [1.29, 1.82) is 0 Å². The van der Waals surface area contributed by atoms with E-state index in [2.05, 4.69) is 0 Å². The van der Waals surface area contributed by atoms with E-state index in [1.165, 1.54) is 0 Å². The molecule has 1 unspecified atom stereocenters. The molecule has 0 bridgehead atoms. The second kappa shape index (κ2) is 5.71. The fourth-order valence-electron chi connectivity index (χ4n) is 2.08. The number of carboxylic acid groups (broad SMARTS) is 1. The maximum absolute atomic E-state index is 12.3. The minimum Gasteiger partial charge on any atom is -0.481 e. The summed E-state index contributed by atoms with van der Waals surface area (Å²) in [5.41, 5.74) is 6.64. The summed E-state index contributed by atoms with van der Waals surface area (Å²) < 4.78 is 5.33. The predicted octanol–water partition coefficient (Wildman–Crippen LogP) is 0.585. The highest BCUT2D eigenvalue weighted by Crippen LogP contribution is 2.16. The number of para-hydroxylation sites is 1. The van der Waals surface area contributed by atoms with Crippen molar-refractivity contribution in [1.82, 2.24) is 4.90 Å². The largest absolute Gasteiger partial charge is 0.481 e. The molecule has 1 amide bonds. The molecule has 1 atom stereocenters.